The maximum absolute atomic E-state index is 4.37. The van der Waals surface area contributed by atoms with Crippen molar-refractivity contribution in [3.05, 3.63) is 71.8 Å². The second-order valence-corrected chi connectivity index (χ2v) is 10.4. The molecule has 3 atom stereocenters. The summed E-state index contributed by atoms with van der Waals surface area (Å²) in [6, 6.07) is 17.7. The van der Waals surface area contributed by atoms with Crippen LogP contribution in [0.1, 0.15) is 83.3 Å². The van der Waals surface area contributed by atoms with Crippen LogP contribution in [-0.2, 0) is 6.42 Å². The molecule has 0 nitrogen and oxygen atoms in total. The van der Waals surface area contributed by atoms with Crippen molar-refractivity contribution < 1.29 is 0 Å². The molecular formula is C31H44. The van der Waals surface area contributed by atoms with Crippen LogP contribution in [0.3, 0.4) is 0 Å². The third kappa shape index (κ3) is 6.83. The van der Waals surface area contributed by atoms with E-state index in [4.69, 9.17) is 0 Å². The standard InChI is InChI=1S/C31H44/c1-23(2)29(18-17-24(3)26(5)27-13-9-6-7-10-14-27)22-30-19-20-31(21-25(30)4)28-15-11-8-12-16-28/h8,11-12,15-16,19-21,24,26-27,29H,1,6-7,9-10,13-14,17-18,22H2,2-5H3. The van der Waals surface area contributed by atoms with Gasteiger partial charge in [0.15, 0.2) is 0 Å². The number of aryl methyl sites for hydroxylation is 1. The minimum Gasteiger partial charge on any atom is -0.0998 e. The topological polar surface area (TPSA) is 0 Å². The van der Waals surface area contributed by atoms with E-state index in [-0.39, 0.29) is 0 Å². The van der Waals surface area contributed by atoms with Crippen molar-refractivity contribution in [1.29, 1.82) is 0 Å². The monoisotopic (exact) mass is 416 g/mol. The van der Waals surface area contributed by atoms with Gasteiger partial charge in [-0.1, -0.05) is 113 Å². The highest BCUT2D eigenvalue weighted by molar-refractivity contribution is 5.64. The summed E-state index contributed by atoms with van der Waals surface area (Å²) >= 11 is 0. The zero-order valence-corrected chi connectivity index (χ0v) is 20.5. The Kier molecular flexibility index (Phi) is 9.00. The van der Waals surface area contributed by atoms with Crippen LogP contribution in [0.15, 0.2) is 60.7 Å². The molecule has 0 aliphatic heterocycles. The molecule has 1 aliphatic carbocycles. The fraction of sp³-hybridized carbons (Fsp3) is 0.548. The first-order valence-electron chi connectivity index (χ1n) is 12.8. The summed E-state index contributed by atoms with van der Waals surface area (Å²) < 4.78 is 0. The molecule has 0 aromatic heterocycles. The lowest BCUT2D eigenvalue weighted by atomic mass is 9.76. The van der Waals surface area contributed by atoms with E-state index in [1.54, 1.807) is 0 Å². The molecule has 1 fully saturated rings. The average Bonchev–Trinajstić information content (AvgIpc) is 3.06. The van der Waals surface area contributed by atoms with Crippen LogP contribution in [0, 0.1) is 30.6 Å². The van der Waals surface area contributed by atoms with Crippen LogP contribution >= 0.6 is 0 Å². The number of allylic oxidation sites excluding steroid dienone is 1. The van der Waals surface area contributed by atoms with Crippen molar-refractivity contribution in [1.82, 2.24) is 0 Å². The van der Waals surface area contributed by atoms with Crippen LogP contribution in [-0.4, -0.2) is 0 Å². The summed E-state index contributed by atoms with van der Waals surface area (Å²) in [6.45, 7) is 13.9. The van der Waals surface area contributed by atoms with Crippen molar-refractivity contribution in [2.45, 2.75) is 85.5 Å². The quantitative estimate of drug-likeness (QED) is 0.282. The van der Waals surface area contributed by atoms with E-state index in [1.165, 1.54) is 79.2 Å². The molecule has 3 rings (SSSR count). The Morgan fingerprint density at radius 1 is 0.903 bits per heavy atom. The van der Waals surface area contributed by atoms with Gasteiger partial charge in [0.2, 0.25) is 0 Å². The zero-order valence-electron chi connectivity index (χ0n) is 20.5. The smallest absolute Gasteiger partial charge is 0.0168 e. The van der Waals surface area contributed by atoms with Crippen molar-refractivity contribution in [2.24, 2.45) is 23.7 Å². The molecule has 0 amide bonds. The van der Waals surface area contributed by atoms with Crippen molar-refractivity contribution in [3.8, 4) is 11.1 Å². The Morgan fingerprint density at radius 2 is 1.58 bits per heavy atom. The summed E-state index contributed by atoms with van der Waals surface area (Å²) in [5.74, 6) is 3.21. The molecule has 0 N–H and O–H groups in total. The summed E-state index contributed by atoms with van der Waals surface area (Å²) in [4.78, 5) is 0. The number of hydrogen-bond acceptors (Lipinski definition) is 0. The molecule has 0 heterocycles. The highest BCUT2D eigenvalue weighted by atomic mass is 14.3. The van der Waals surface area contributed by atoms with Gasteiger partial charge >= 0.3 is 0 Å². The van der Waals surface area contributed by atoms with E-state index in [2.05, 4.69) is 82.8 Å². The van der Waals surface area contributed by atoms with Crippen LogP contribution in [0.4, 0.5) is 0 Å². The second kappa shape index (κ2) is 11.7. The molecule has 31 heavy (non-hydrogen) atoms. The predicted molar refractivity (Wildman–Crippen MR) is 137 cm³/mol. The Labute approximate surface area is 192 Å². The van der Waals surface area contributed by atoms with Gasteiger partial charge < -0.3 is 0 Å². The molecular weight excluding hydrogens is 372 g/mol. The van der Waals surface area contributed by atoms with Gasteiger partial charge in [-0.15, -0.1) is 0 Å². The molecule has 0 radical (unpaired) electrons. The Morgan fingerprint density at radius 3 is 2.19 bits per heavy atom. The van der Waals surface area contributed by atoms with E-state index in [9.17, 15) is 0 Å². The second-order valence-electron chi connectivity index (χ2n) is 10.4. The molecule has 0 bridgehead atoms. The fourth-order valence-electron chi connectivity index (χ4n) is 5.55. The Balaban J connectivity index is 1.60. The normalized spacial score (nSPS) is 18.2. The maximum atomic E-state index is 4.37. The van der Waals surface area contributed by atoms with E-state index in [0.29, 0.717) is 5.92 Å². The molecule has 0 heteroatoms. The van der Waals surface area contributed by atoms with Crippen LogP contribution in [0.2, 0.25) is 0 Å². The summed E-state index contributed by atoms with van der Waals surface area (Å²) in [6.07, 6.45) is 12.5. The van der Waals surface area contributed by atoms with Crippen molar-refractivity contribution in [2.75, 3.05) is 0 Å². The van der Waals surface area contributed by atoms with Gasteiger partial charge in [0.1, 0.15) is 0 Å². The summed E-state index contributed by atoms with van der Waals surface area (Å²) in [5, 5.41) is 0. The third-order valence-corrected chi connectivity index (χ3v) is 8.12. The number of benzene rings is 2. The molecule has 2 aromatic carbocycles. The molecule has 168 valence electrons. The predicted octanol–water partition coefficient (Wildman–Crippen LogP) is 9.42. The van der Waals surface area contributed by atoms with Crippen molar-refractivity contribution >= 4 is 0 Å². The summed E-state index contributed by atoms with van der Waals surface area (Å²) in [5.41, 5.74) is 6.86. The Bertz CT molecular complexity index is 807. The largest absolute Gasteiger partial charge is 0.0998 e. The van der Waals surface area contributed by atoms with Gasteiger partial charge in [-0.3, -0.25) is 0 Å². The van der Waals surface area contributed by atoms with Gasteiger partial charge in [0.25, 0.3) is 0 Å². The molecule has 1 saturated carbocycles. The molecule has 3 unspecified atom stereocenters. The zero-order chi connectivity index (χ0) is 22.2. The lowest BCUT2D eigenvalue weighted by Crippen LogP contribution is -2.20. The SMILES string of the molecule is C=C(C)C(CCC(C)C(C)C1CCCCCC1)Cc1ccc(-c2ccccc2)cc1C. The summed E-state index contributed by atoms with van der Waals surface area (Å²) in [7, 11) is 0. The first kappa shape index (κ1) is 23.8. The minimum absolute atomic E-state index is 0.588. The minimum atomic E-state index is 0.588. The molecule has 2 aromatic rings. The van der Waals surface area contributed by atoms with E-state index >= 15 is 0 Å². The Hall–Kier alpha value is -1.82. The molecule has 0 saturated heterocycles. The first-order chi connectivity index (χ1) is 15.0. The highest BCUT2D eigenvalue weighted by Crippen LogP contribution is 2.36. The lowest BCUT2D eigenvalue weighted by molar-refractivity contribution is 0.220. The van der Waals surface area contributed by atoms with Crippen molar-refractivity contribution in [3.63, 3.8) is 0 Å². The molecule has 0 spiro atoms. The van der Waals surface area contributed by atoms with Crippen LogP contribution < -0.4 is 0 Å². The van der Waals surface area contributed by atoms with E-state index in [0.717, 1.165) is 24.2 Å². The first-order valence-corrected chi connectivity index (χ1v) is 12.8. The maximum Gasteiger partial charge on any atom is -0.0168 e. The van der Waals surface area contributed by atoms with E-state index in [1.807, 2.05) is 0 Å². The fourth-order valence-corrected chi connectivity index (χ4v) is 5.55. The molecule has 1 aliphatic rings. The third-order valence-electron chi connectivity index (χ3n) is 8.12. The highest BCUT2D eigenvalue weighted by Gasteiger charge is 2.24. The van der Waals surface area contributed by atoms with E-state index < -0.39 is 0 Å². The van der Waals surface area contributed by atoms with Gasteiger partial charge in [-0.05, 0) is 79.0 Å². The number of hydrogen-bond donors (Lipinski definition) is 0. The van der Waals surface area contributed by atoms with Gasteiger partial charge in [-0.25, -0.2) is 0 Å². The van der Waals surface area contributed by atoms with Crippen LogP contribution in [0.5, 0.6) is 0 Å². The van der Waals surface area contributed by atoms with Crippen LogP contribution in [0.25, 0.3) is 11.1 Å². The lowest BCUT2D eigenvalue weighted by Gasteiger charge is -2.29. The average molecular weight is 417 g/mol. The van der Waals surface area contributed by atoms with Gasteiger partial charge in [-0.2, -0.15) is 0 Å². The van der Waals surface area contributed by atoms with Gasteiger partial charge in [0, 0.05) is 0 Å². The van der Waals surface area contributed by atoms with Gasteiger partial charge in [0.05, 0.1) is 0 Å². The number of rotatable bonds is 9.